The quantitative estimate of drug-likeness (QED) is 0.711. The molecule has 0 aliphatic carbocycles. The first-order valence-electron chi connectivity index (χ1n) is 7.09. The highest BCUT2D eigenvalue weighted by molar-refractivity contribution is 9.11. The number of halogens is 1. The second-order valence-electron chi connectivity index (χ2n) is 7.26. The first-order chi connectivity index (χ1) is 8.59. The third-order valence-electron chi connectivity index (χ3n) is 3.41. The van der Waals surface area contributed by atoms with E-state index in [2.05, 4.69) is 68.9 Å². The van der Waals surface area contributed by atoms with Crippen molar-refractivity contribution in [2.75, 3.05) is 6.54 Å². The lowest BCUT2D eigenvalue weighted by atomic mass is 9.84. The van der Waals surface area contributed by atoms with Gasteiger partial charge in [0.15, 0.2) is 0 Å². The monoisotopic (exact) mass is 345 g/mol. The Morgan fingerprint density at radius 1 is 1.16 bits per heavy atom. The van der Waals surface area contributed by atoms with Gasteiger partial charge in [-0.1, -0.05) is 13.8 Å². The Kier molecular flexibility index (Phi) is 6.09. The fraction of sp³-hybridized carbons (Fsp3) is 0.750. The van der Waals surface area contributed by atoms with Crippen LogP contribution in [0.5, 0.6) is 0 Å². The van der Waals surface area contributed by atoms with Crippen LogP contribution in [0.1, 0.15) is 57.9 Å². The molecule has 1 heterocycles. The molecule has 1 N–H and O–H groups in total. The molecule has 0 amide bonds. The number of nitrogens with one attached hydrogen (secondary N) is 1. The van der Waals surface area contributed by atoms with E-state index in [0.717, 1.165) is 6.54 Å². The van der Waals surface area contributed by atoms with E-state index >= 15 is 0 Å². The third-order valence-corrected chi connectivity index (χ3v) is 5.61. The largest absolute Gasteiger partial charge is 0.312 e. The van der Waals surface area contributed by atoms with Gasteiger partial charge < -0.3 is 5.32 Å². The number of rotatable bonds is 6. The van der Waals surface area contributed by atoms with E-state index in [1.165, 1.54) is 33.5 Å². The zero-order chi connectivity index (χ0) is 14.7. The van der Waals surface area contributed by atoms with Crippen molar-refractivity contribution < 1.29 is 0 Å². The van der Waals surface area contributed by atoms with E-state index in [1.807, 2.05) is 11.3 Å². The lowest BCUT2D eigenvalue weighted by Gasteiger charge is -2.28. The summed E-state index contributed by atoms with van der Waals surface area (Å²) in [5.74, 6) is 0. The summed E-state index contributed by atoms with van der Waals surface area (Å²) in [7, 11) is 0. The van der Waals surface area contributed by atoms with Crippen LogP contribution in [0.15, 0.2) is 9.85 Å². The Labute approximate surface area is 131 Å². The van der Waals surface area contributed by atoms with Gasteiger partial charge in [-0.15, -0.1) is 11.3 Å². The van der Waals surface area contributed by atoms with Crippen molar-refractivity contribution in [3.05, 3.63) is 20.3 Å². The lowest BCUT2D eigenvalue weighted by Crippen LogP contribution is -2.38. The lowest BCUT2D eigenvalue weighted by molar-refractivity contribution is 0.285. The Morgan fingerprint density at radius 3 is 2.26 bits per heavy atom. The fourth-order valence-electron chi connectivity index (χ4n) is 2.01. The fourth-order valence-corrected chi connectivity index (χ4v) is 3.64. The van der Waals surface area contributed by atoms with Gasteiger partial charge in [-0.3, -0.25) is 0 Å². The molecule has 1 nitrogen and oxygen atoms in total. The molecular weight excluding hydrogens is 318 g/mol. The summed E-state index contributed by atoms with van der Waals surface area (Å²) in [5, 5.41) is 3.58. The Morgan fingerprint density at radius 2 is 1.79 bits per heavy atom. The summed E-state index contributed by atoms with van der Waals surface area (Å²) in [4.78, 5) is 1.50. The molecule has 0 radical (unpaired) electrons. The van der Waals surface area contributed by atoms with Crippen LogP contribution in [0.2, 0.25) is 0 Å². The summed E-state index contributed by atoms with van der Waals surface area (Å²) >= 11 is 5.49. The van der Waals surface area contributed by atoms with Gasteiger partial charge >= 0.3 is 0 Å². The highest BCUT2D eigenvalue weighted by Crippen LogP contribution is 2.32. The van der Waals surface area contributed by atoms with Gasteiger partial charge in [0.2, 0.25) is 0 Å². The number of hydrogen-bond donors (Lipinski definition) is 1. The molecule has 0 saturated heterocycles. The van der Waals surface area contributed by atoms with Crippen LogP contribution in [0, 0.1) is 12.3 Å². The average molecular weight is 346 g/mol. The second kappa shape index (κ2) is 6.73. The highest BCUT2D eigenvalue weighted by atomic mass is 79.9. The normalized spacial score (nSPS) is 13.0. The topological polar surface area (TPSA) is 12.0 Å². The maximum Gasteiger partial charge on any atom is 0.0730 e. The van der Waals surface area contributed by atoms with Crippen LogP contribution in [0.3, 0.4) is 0 Å². The Hall–Kier alpha value is 0.140. The molecule has 1 aromatic heterocycles. The van der Waals surface area contributed by atoms with Crippen molar-refractivity contribution in [3.8, 4) is 0 Å². The molecule has 0 unspecified atom stereocenters. The van der Waals surface area contributed by atoms with Gasteiger partial charge in [0, 0.05) is 10.4 Å². The molecule has 3 heteroatoms. The molecule has 0 aliphatic rings. The van der Waals surface area contributed by atoms with Crippen molar-refractivity contribution >= 4 is 27.3 Å². The van der Waals surface area contributed by atoms with E-state index < -0.39 is 0 Å². The van der Waals surface area contributed by atoms with E-state index in [-0.39, 0.29) is 5.54 Å². The summed E-state index contributed by atoms with van der Waals surface area (Å²) < 4.78 is 1.29. The maximum atomic E-state index is 3.61. The van der Waals surface area contributed by atoms with Crippen molar-refractivity contribution in [3.63, 3.8) is 0 Å². The standard InChI is InChI=1S/C16H28BrNS/c1-12-11-13(19-14(12)17)7-8-16(5,6)9-10-18-15(2,3)4/h11,18H,7-10H2,1-6H3. The summed E-state index contributed by atoms with van der Waals surface area (Å²) in [6.07, 6.45) is 3.68. The molecule has 19 heavy (non-hydrogen) atoms. The minimum absolute atomic E-state index is 0.228. The number of thiophene rings is 1. The van der Waals surface area contributed by atoms with E-state index in [9.17, 15) is 0 Å². The molecule has 0 aromatic carbocycles. The molecule has 1 aromatic rings. The molecule has 0 spiro atoms. The molecule has 110 valence electrons. The molecule has 0 saturated carbocycles. The predicted octanol–water partition coefficient (Wildman–Crippen LogP) is 5.56. The van der Waals surface area contributed by atoms with Crippen LogP contribution >= 0.6 is 27.3 Å². The second-order valence-corrected chi connectivity index (χ2v) is 9.72. The summed E-state index contributed by atoms with van der Waals surface area (Å²) in [5.41, 5.74) is 2.00. The van der Waals surface area contributed by atoms with Crippen molar-refractivity contribution in [2.45, 2.75) is 66.3 Å². The molecule has 0 fully saturated rings. The molecular formula is C16H28BrNS. The highest BCUT2D eigenvalue weighted by Gasteiger charge is 2.19. The SMILES string of the molecule is Cc1cc(CCC(C)(C)CCNC(C)(C)C)sc1Br. The average Bonchev–Trinajstić information content (AvgIpc) is 2.54. The van der Waals surface area contributed by atoms with E-state index in [4.69, 9.17) is 0 Å². The van der Waals surface area contributed by atoms with Crippen LogP contribution in [0.4, 0.5) is 0 Å². The first-order valence-corrected chi connectivity index (χ1v) is 8.70. The molecule has 0 atom stereocenters. The number of aryl methyl sites for hydroxylation is 2. The third kappa shape index (κ3) is 6.92. The minimum atomic E-state index is 0.228. The first kappa shape index (κ1) is 17.2. The van der Waals surface area contributed by atoms with E-state index in [1.54, 1.807) is 0 Å². The van der Waals surface area contributed by atoms with Crippen molar-refractivity contribution in [1.82, 2.24) is 5.32 Å². The van der Waals surface area contributed by atoms with Gasteiger partial charge in [0.25, 0.3) is 0 Å². The zero-order valence-electron chi connectivity index (χ0n) is 13.2. The number of hydrogen-bond acceptors (Lipinski definition) is 2. The molecule has 0 aliphatic heterocycles. The minimum Gasteiger partial charge on any atom is -0.312 e. The predicted molar refractivity (Wildman–Crippen MR) is 91.2 cm³/mol. The van der Waals surface area contributed by atoms with Gasteiger partial charge in [0.1, 0.15) is 0 Å². The van der Waals surface area contributed by atoms with Crippen LogP contribution in [0.25, 0.3) is 0 Å². The summed E-state index contributed by atoms with van der Waals surface area (Å²) in [6.45, 7) is 14.7. The Balaban J connectivity index is 2.38. The van der Waals surface area contributed by atoms with Gasteiger partial charge in [-0.25, -0.2) is 0 Å². The summed E-state index contributed by atoms with van der Waals surface area (Å²) in [6, 6.07) is 2.32. The van der Waals surface area contributed by atoms with Crippen LogP contribution in [-0.2, 0) is 6.42 Å². The van der Waals surface area contributed by atoms with Crippen LogP contribution < -0.4 is 5.32 Å². The van der Waals surface area contributed by atoms with Gasteiger partial charge in [-0.2, -0.15) is 0 Å². The zero-order valence-corrected chi connectivity index (χ0v) is 15.6. The molecule has 1 rings (SSSR count). The van der Waals surface area contributed by atoms with Gasteiger partial charge in [-0.05, 0) is 86.5 Å². The smallest absolute Gasteiger partial charge is 0.0730 e. The van der Waals surface area contributed by atoms with Crippen LogP contribution in [-0.4, -0.2) is 12.1 Å². The maximum absolute atomic E-state index is 3.61. The van der Waals surface area contributed by atoms with Gasteiger partial charge in [0.05, 0.1) is 3.79 Å². The van der Waals surface area contributed by atoms with E-state index in [0.29, 0.717) is 5.41 Å². The Bertz CT molecular complexity index is 382. The molecule has 0 bridgehead atoms. The van der Waals surface area contributed by atoms with Crippen molar-refractivity contribution in [1.29, 1.82) is 0 Å². The van der Waals surface area contributed by atoms with Crippen molar-refractivity contribution in [2.24, 2.45) is 5.41 Å².